The first kappa shape index (κ1) is 18.0. The number of para-hydroxylation sites is 2. The molecule has 2 aliphatic heterocycles. The minimum atomic E-state index is -0.421. The normalized spacial score (nSPS) is 17.7. The number of amides is 2. The Morgan fingerprint density at radius 3 is 2.63 bits per heavy atom. The van der Waals surface area contributed by atoms with Gasteiger partial charge in [-0.1, -0.05) is 12.1 Å². The van der Waals surface area contributed by atoms with Crippen molar-refractivity contribution in [2.24, 2.45) is 0 Å². The summed E-state index contributed by atoms with van der Waals surface area (Å²) in [6, 6.07) is 7.36. The van der Waals surface area contributed by atoms with Crippen LogP contribution in [0.1, 0.15) is 33.0 Å². The van der Waals surface area contributed by atoms with Crippen molar-refractivity contribution in [1.29, 1.82) is 0 Å². The summed E-state index contributed by atoms with van der Waals surface area (Å²) in [4.78, 5) is 31.7. The molecular weight excluding hydrogens is 362 g/mol. The van der Waals surface area contributed by atoms with Gasteiger partial charge in [0, 0.05) is 22.8 Å². The number of hydrogen-bond acceptors (Lipinski definition) is 5. The molecule has 0 atom stereocenters. The molecule has 1 saturated heterocycles. The summed E-state index contributed by atoms with van der Waals surface area (Å²) in [7, 11) is 2.07. The SMILES string of the molecule is Cc1sc(C)c2c1C(=O)Nc1ccccc1N2C(=O)OC1CCN(C)CC1. The number of thiophene rings is 1. The number of carbonyl (C=O) groups excluding carboxylic acids is 2. The highest BCUT2D eigenvalue weighted by molar-refractivity contribution is 7.13. The molecule has 27 heavy (non-hydrogen) atoms. The number of nitrogens with zero attached hydrogens (tertiary/aromatic N) is 2. The Bertz CT molecular complexity index is 900. The van der Waals surface area contributed by atoms with E-state index in [-0.39, 0.29) is 12.0 Å². The van der Waals surface area contributed by atoms with Gasteiger partial charge in [-0.15, -0.1) is 11.3 Å². The number of benzene rings is 1. The predicted molar refractivity (Wildman–Crippen MR) is 107 cm³/mol. The summed E-state index contributed by atoms with van der Waals surface area (Å²) in [5.74, 6) is -0.186. The summed E-state index contributed by atoms with van der Waals surface area (Å²) in [6.45, 7) is 5.67. The van der Waals surface area contributed by atoms with Gasteiger partial charge in [0.15, 0.2) is 0 Å². The van der Waals surface area contributed by atoms with E-state index >= 15 is 0 Å². The van der Waals surface area contributed by atoms with Crippen LogP contribution in [0, 0.1) is 13.8 Å². The van der Waals surface area contributed by atoms with Crippen LogP contribution >= 0.6 is 11.3 Å². The third-order valence-corrected chi connectivity index (χ3v) is 6.20. The standard InChI is InChI=1S/C20H23N3O3S/c1-12-17-18(13(2)27-12)23(16-7-5-4-6-15(16)21-19(17)24)20(25)26-14-8-10-22(3)11-9-14/h4-7,14H,8-11H2,1-3H3,(H,21,24). The first-order valence-electron chi connectivity index (χ1n) is 9.15. The maximum Gasteiger partial charge on any atom is 0.419 e. The molecule has 2 aliphatic rings. The smallest absolute Gasteiger partial charge is 0.419 e. The van der Waals surface area contributed by atoms with Crippen molar-refractivity contribution in [3.8, 4) is 0 Å². The van der Waals surface area contributed by atoms with Crippen LogP contribution in [0.15, 0.2) is 24.3 Å². The van der Waals surface area contributed by atoms with Gasteiger partial charge < -0.3 is 15.0 Å². The Hall–Kier alpha value is -2.38. The van der Waals surface area contributed by atoms with E-state index in [0.717, 1.165) is 35.7 Å². The molecule has 0 bridgehead atoms. The Balaban J connectivity index is 1.75. The first-order valence-corrected chi connectivity index (χ1v) is 9.97. The molecule has 1 N–H and O–H groups in total. The molecule has 0 unspecified atom stereocenters. The van der Waals surface area contributed by atoms with Crippen LogP contribution in [-0.4, -0.2) is 43.1 Å². The number of piperidine rings is 1. The number of aryl methyl sites for hydroxylation is 2. The summed E-state index contributed by atoms with van der Waals surface area (Å²) in [5, 5.41) is 2.94. The minimum absolute atomic E-state index is 0.101. The Kier molecular flexibility index (Phi) is 4.65. The van der Waals surface area contributed by atoms with E-state index in [2.05, 4.69) is 17.3 Å². The number of likely N-dealkylation sites (tertiary alicyclic amines) is 1. The van der Waals surface area contributed by atoms with E-state index < -0.39 is 6.09 Å². The zero-order valence-electron chi connectivity index (χ0n) is 15.7. The van der Waals surface area contributed by atoms with Crippen molar-refractivity contribution in [3.05, 3.63) is 39.6 Å². The van der Waals surface area contributed by atoms with Gasteiger partial charge in [-0.05, 0) is 45.9 Å². The van der Waals surface area contributed by atoms with Crippen LogP contribution in [0.25, 0.3) is 0 Å². The average Bonchev–Trinajstić information content (AvgIpc) is 2.84. The van der Waals surface area contributed by atoms with E-state index in [4.69, 9.17) is 4.74 Å². The number of rotatable bonds is 1. The number of carbonyl (C=O) groups is 2. The van der Waals surface area contributed by atoms with Crippen LogP contribution in [0.4, 0.5) is 21.9 Å². The molecule has 1 aromatic heterocycles. The fourth-order valence-electron chi connectivity index (χ4n) is 3.78. The predicted octanol–water partition coefficient (Wildman–Crippen LogP) is 4.30. The molecule has 7 heteroatoms. The van der Waals surface area contributed by atoms with E-state index in [1.807, 2.05) is 38.1 Å². The minimum Gasteiger partial charge on any atom is -0.445 e. The zero-order chi connectivity index (χ0) is 19.1. The van der Waals surface area contributed by atoms with Crippen LogP contribution in [0.3, 0.4) is 0 Å². The monoisotopic (exact) mass is 385 g/mol. The second-order valence-corrected chi connectivity index (χ2v) is 8.56. The van der Waals surface area contributed by atoms with Crippen molar-refractivity contribution in [2.75, 3.05) is 30.4 Å². The molecule has 2 aromatic rings. The second-order valence-electron chi connectivity index (χ2n) is 7.13. The van der Waals surface area contributed by atoms with Gasteiger partial charge in [-0.25, -0.2) is 9.69 Å². The van der Waals surface area contributed by atoms with E-state index in [0.29, 0.717) is 22.6 Å². The fourth-order valence-corrected chi connectivity index (χ4v) is 4.82. The van der Waals surface area contributed by atoms with E-state index in [1.54, 1.807) is 4.90 Å². The Morgan fingerprint density at radius 1 is 1.19 bits per heavy atom. The quantitative estimate of drug-likeness (QED) is 0.795. The largest absolute Gasteiger partial charge is 0.445 e. The molecule has 6 nitrogen and oxygen atoms in total. The highest BCUT2D eigenvalue weighted by atomic mass is 32.1. The number of anilines is 3. The topological polar surface area (TPSA) is 61.9 Å². The molecule has 0 saturated carbocycles. The van der Waals surface area contributed by atoms with Crippen LogP contribution < -0.4 is 10.2 Å². The third kappa shape index (κ3) is 3.21. The number of nitrogens with one attached hydrogen (secondary N) is 1. The zero-order valence-corrected chi connectivity index (χ0v) is 16.6. The van der Waals surface area contributed by atoms with Gasteiger partial charge >= 0.3 is 6.09 Å². The molecular formula is C20H23N3O3S. The fraction of sp³-hybridized carbons (Fsp3) is 0.400. The third-order valence-electron chi connectivity index (χ3n) is 5.19. The average molecular weight is 385 g/mol. The van der Waals surface area contributed by atoms with E-state index in [1.165, 1.54) is 11.3 Å². The first-order chi connectivity index (χ1) is 13.0. The van der Waals surface area contributed by atoms with Gasteiger partial charge in [0.05, 0.1) is 22.6 Å². The van der Waals surface area contributed by atoms with Gasteiger partial charge in [-0.3, -0.25) is 4.79 Å². The Labute approximate surface area is 162 Å². The molecule has 2 amide bonds. The summed E-state index contributed by atoms with van der Waals surface area (Å²) in [5.41, 5.74) is 2.44. The van der Waals surface area contributed by atoms with Crippen molar-refractivity contribution < 1.29 is 14.3 Å². The molecule has 0 spiro atoms. The van der Waals surface area contributed by atoms with Crippen molar-refractivity contribution in [3.63, 3.8) is 0 Å². The second kappa shape index (κ2) is 6.98. The maximum atomic E-state index is 13.2. The summed E-state index contributed by atoms with van der Waals surface area (Å²) >= 11 is 1.52. The van der Waals surface area contributed by atoms with Crippen molar-refractivity contribution in [2.45, 2.75) is 32.8 Å². The van der Waals surface area contributed by atoms with Crippen molar-refractivity contribution >= 4 is 40.4 Å². The lowest BCUT2D eigenvalue weighted by Crippen LogP contribution is -2.38. The van der Waals surface area contributed by atoms with Gasteiger partial charge in [0.2, 0.25) is 0 Å². The highest BCUT2D eigenvalue weighted by Crippen LogP contribution is 2.44. The molecule has 4 rings (SSSR count). The Morgan fingerprint density at radius 2 is 1.89 bits per heavy atom. The van der Waals surface area contributed by atoms with Crippen LogP contribution in [0.2, 0.25) is 0 Å². The lowest BCUT2D eigenvalue weighted by molar-refractivity contribution is 0.0632. The van der Waals surface area contributed by atoms with Crippen LogP contribution in [-0.2, 0) is 4.74 Å². The van der Waals surface area contributed by atoms with Gasteiger partial charge in [0.25, 0.3) is 5.91 Å². The number of hydrogen-bond donors (Lipinski definition) is 1. The summed E-state index contributed by atoms with van der Waals surface area (Å²) < 4.78 is 5.87. The molecule has 3 heterocycles. The van der Waals surface area contributed by atoms with E-state index in [9.17, 15) is 9.59 Å². The molecule has 1 aromatic carbocycles. The molecule has 1 fully saturated rings. The summed E-state index contributed by atoms with van der Waals surface area (Å²) in [6.07, 6.45) is 1.12. The molecule has 142 valence electrons. The lowest BCUT2D eigenvalue weighted by Gasteiger charge is -2.31. The lowest BCUT2D eigenvalue weighted by atomic mass is 10.1. The van der Waals surface area contributed by atoms with Gasteiger partial charge in [0.1, 0.15) is 6.10 Å². The van der Waals surface area contributed by atoms with Crippen molar-refractivity contribution in [1.82, 2.24) is 4.90 Å². The highest BCUT2D eigenvalue weighted by Gasteiger charge is 2.35. The number of fused-ring (bicyclic) bond motifs is 2. The maximum absolute atomic E-state index is 13.2. The molecule has 0 aliphatic carbocycles. The number of ether oxygens (including phenoxy) is 1. The van der Waals surface area contributed by atoms with Gasteiger partial charge in [-0.2, -0.15) is 0 Å². The van der Waals surface area contributed by atoms with Crippen LogP contribution in [0.5, 0.6) is 0 Å². The molecule has 0 radical (unpaired) electrons.